The van der Waals surface area contributed by atoms with Crippen molar-refractivity contribution in [3.05, 3.63) is 33.3 Å². The fourth-order valence-electron chi connectivity index (χ4n) is 4.06. The average Bonchev–Trinajstić information content (AvgIpc) is 2.93. The number of halogens is 2. The summed E-state index contributed by atoms with van der Waals surface area (Å²) < 4.78 is 0.955. The lowest BCUT2D eigenvalue weighted by Crippen LogP contribution is -2.46. The molecule has 2 aliphatic rings. The van der Waals surface area contributed by atoms with Crippen molar-refractivity contribution < 1.29 is 0 Å². The molecule has 1 aromatic rings. The molecule has 2 fully saturated rings. The topological polar surface area (TPSA) is 29.3 Å². The summed E-state index contributed by atoms with van der Waals surface area (Å²) in [5, 5.41) is 0.779. The standard InChI is InChI=1S/C16H22BrClN2/c17-13-7-6-12(9-14(13)18)16(10-19)20-8-2-4-11-3-1-5-15(11)20/h6-7,9,11,15-16H,1-5,8,10,19H2. The van der Waals surface area contributed by atoms with Gasteiger partial charge in [-0.2, -0.15) is 0 Å². The third-order valence-electron chi connectivity index (χ3n) is 4.99. The lowest BCUT2D eigenvalue weighted by Gasteiger charge is -2.42. The zero-order valence-electron chi connectivity index (χ0n) is 11.7. The zero-order chi connectivity index (χ0) is 14.1. The summed E-state index contributed by atoms with van der Waals surface area (Å²) in [5.41, 5.74) is 7.37. The number of hydrogen-bond donors (Lipinski definition) is 1. The molecule has 3 atom stereocenters. The van der Waals surface area contributed by atoms with E-state index in [0.717, 1.165) is 21.5 Å². The molecule has 1 aliphatic carbocycles. The van der Waals surface area contributed by atoms with Gasteiger partial charge in [-0.1, -0.05) is 24.1 Å². The minimum Gasteiger partial charge on any atom is -0.329 e. The van der Waals surface area contributed by atoms with Crippen LogP contribution in [0.25, 0.3) is 0 Å². The zero-order valence-corrected chi connectivity index (χ0v) is 14.0. The Morgan fingerprint density at radius 2 is 2.10 bits per heavy atom. The van der Waals surface area contributed by atoms with Crippen molar-refractivity contribution in [1.29, 1.82) is 0 Å². The van der Waals surface area contributed by atoms with Crippen LogP contribution in [0.1, 0.15) is 43.7 Å². The Balaban J connectivity index is 1.86. The second kappa shape index (κ2) is 6.35. The quantitative estimate of drug-likeness (QED) is 0.870. The molecule has 4 heteroatoms. The molecule has 1 aromatic carbocycles. The molecular formula is C16H22BrClN2. The summed E-state index contributed by atoms with van der Waals surface area (Å²) in [6.07, 6.45) is 6.83. The number of fused-ring (bicyclic) bond motifs is 1. The molecule has 0 amide bonds. The molecule has 0 spiro atoms. The second-order valence-corrected chi connectivity index (χ2v) is 7.32. The largest absolute Gasteiger partial charge is 0.329 e. The van der Waals surface area contributed by atoms with Gasteiger partial charge >= 0.3 is 0 Å². The van der Waals surface area contributed by atoms with Gasteiger partial charge in [0.1, 0.15) is 0 Å². The van der Waals surface area contributed by atoms with Crippen molar-refractivity contribution in [3.8, 4) is 0 Å². The Labute approximate surface area is 134 Å². The summed E-state index contributed by atoms with van der Waals surface area (Å²) in [7, 11) is 0. The predicted molar refractivity (Wildman–Crippen MR) is 88.0 cm³/mol. The number of nitrogens with two attached hydrogens (primary N) is 1. The molecular weight excluding hydrogens is 336 g/mol. The molecule has 0 aromatic heterocycles. The van der Waals surface area contributed by atoms with Crippen LogP contribution in [0.15, 0.2) is 22.7 Å². The highest BCUT2D eigenvalue weighted by atomic mass is 79.9. The lowest BCUT2D eigenvalue weighted by atomic mass is 9.89. The Kier molecular flexibility index (Phi) is 4.71. The molecule has 1 saturated heterocycles. The van der Waals surface area contributed by atoms with Gasteiger partial charge in [-0.15, -0.1) is 0 Å². The summed E-state index contributed by atoms with van der Waals surface area (Å²) in [6.45, 7) is 1.85. The van der Waals surface area contributed by atoms with E-state index in [0.29, 0.717) is 12.6 Å². The first-order valence-electron chi connectivity index (χ1n) is 7.61. The van der Waals surface area contributed by atoms with Gasteiger partial charge in [-0.25, -0.2) is 0 Å². The van der Waals surface area contributed by atoms with Crippen molar-refractivity contribution in [2.45, 2.75) is 44.2 Å². The number of benzene rings is 1. The van der Waals surface area contributed by atoms with Crippen LogP contribution >= 0.6 is 27.5 Å². The number of nitrogens with zero attached hydrogens (tertiary/aromatic N) is 1. The summed E-state index contributed by atoms with van der Waals surface area (Å²) in [6, 6.07) is 7.32. The Morgan fingerprint density at radius 1 is 1.30 bits per heavy atom. The molecule has 20 heavy (non-hydrogen) atoms. The van der Waals surface area contributed by atoms with Gasteiger partial charge in [-0.05, 0) is 71.8 Å². The van der Waals surface area contributed by atoms with E-state index >= 15 is 0 Å². The first kappa shape index (κ1) is 14.8. The molecule has 0 radical (unpaired) electrons. The van der Waals surface area contributed by atoms with Crippen molar-refractivity contribution in [2.24, 2.45) is 11.7 Å². The smallest absolute Gasteiger partial charge is 0.0551 e. The molecule has 2 N–H and O–H groups in total. The number of hydrogen-bond acceptors (Lipinski definition) is 2. The molecule has 0 bridgehead atoms. The summed E-state index contributed by atoms with van der Waals surface area (Å²) in [5.74, 6) is 0.892. The first-order valence-corrected chi connectivity index (χ1v) is 8.78. The summed E-state index contributed by atoms with van der Waals surface area (Å²) >= 11 is 9.72. The Morgan fingerprint density at radius 3 is 2.85 bits per heavy atom. The number of rotatable bonds is 3. The highest BCUT2D eigenvalue weighted by molar-refractivity contribution is 9.10. The van der Waals surface area contributed by atoms with Gasteiger partial charge in [0.2, 0.25) is 0 Å². The molecule has 1 aliphatic heterocycles. The van der Waals surface area contributed by atoms with Gasteiger partial charge in [0, 0.05) is 23.1 Å². The first-order chi connectivity index (χ1) is 9.70. The number of likely N-dealkylation sites (tertiary alicyclic amines) is 1. The van der Waals surface area contributed by atoms with Gasteiger partial charge < -0.3 is 5.73 Å². The van der Waals surface area contributed by atoms with Crippen LogP contribution in [0.4, 0.5) is 0 Å². The monoisotopic (exact) mass is 356 g/mol. The van der Waals surface area contributed by atoms with E-state index in [9.17, 15) is 0 Å². The van der Waals surface area contributed by atoms with Crippen LogP contribution in [0.5, 0.6) is 0 Å². The maximum atomic E-state index is 6.26. The van der Waals surface area contributed by atoms with Gasteiger partial charge in [0.05, 0.1) is 5.02 Å². The van der Waals surface area contributed by atoms with E-state index in [2.05, 4.69) is 33.0 Å². The minimum absolute atomic E-state index is 0.312. The third-order valence-corrected chi connectivity index (χ3v) is 6.22. The normalized spacial score (nSPS) is 28.4. The van der Waals surface area contributed by atoms with Crippen LogP contribution in [-0.2, 0) is 0 Å². The average molecular weight is 358 g/mol. The molecule has 1 saturated carbocycles. The molecule has 3 unspecified atom stereocenters. The number of piperidine rings is 1. The SMILES string of the molecule is NCC(c1ccc(Br)c(Cl)c1)N1CCCC2CCCC21. The molecule has 2 nitrogen and oxygen atoms in total. The van der Waals surface area contributed by atoms with E-state index < -0.39 is 0 Å². The summed E-state index contributed by atoms with van der Waals surface area (Å²) in [4.78, 5) is 2.65. The molecule has 1 heterocycles. The lowest BCUT2D eigenvalue weighted by molar-refractivity contribution is 0.0701. The molecule has 3 rings (SSSR count). The fourth-order valence-corrected chi connectivity index (χ4v) is 4.50. The van der Waals surface area contributed by atoms with Gasteiger partial charge in [-0.3, -0.25) is 4.90 Å². The van der Waals surface area contributed by atoms with Crippen LogP contribution in [0, 0.1) is 5.92 Å². The van der Waals surface area contributed by atoms with Crippen LogP contribution in [-0.4, -0.2) is 24.0 Å². The van der Waals surface area contributed by atoms with Crippen LogP contribution < -0.4 is 5.73 Å². The van der Waals surface area contributed by atoms with E-state index in [1.54, 1.807) is 0 Å². The van der Waals surface area contributed by atoms with E-state index in [4.69, 9.17) is 17.3 Å². The highest BCUT2D eigenvalue weighted by Crippen LogP contribution is 2.41. The van der Waals surface area contributed by atoms with E-state index in [1.165, 1.54) is 44.2 Å². The molecule has 110 valence electrons. The van der Waals surface area contributed by atoms with Crippen molar-refractivity contribution >= 4 is 27.5 Å². The van der Waals surface area contributed by atoms with Gasteiger partial charge in [0.25, 0.3) is 0 Å². The van der Waals surface area contributed by atoms with E-state index in [-0.39, 0.29) is 0 Å². The third kappa shape index (κ3) is 2.78. The van der Waals surface area contributed by atoms with Crippen LogP contribution in [0.2, 0.25) is 5.02 Å². The Bertz CT molecular complexity index is 480. The highest BCUT2D eigenvalue weighted by Gasteiger charge is 2.38. The van der Waals surface area contributed by atoms with E-state index in [1.807, 2.05) is 6.07 Å². The van der Waals surface area contributed by atoms with Gasteiger partial charge in [0.15, 0.2) is 0 Å². The second-order valence-electron chi connectivity index (χ2n) is 6.06. The maximum Gasteiger partial charge on any atom is 0.0551 e. The van der Waals surface area contributed by atoms with Crippen molar-refractivity contribution in [2.75, 3.05) is 13.1 Å². The Hall–Kier alpha value is -0.0900. The minimum atomic E-state index is 0.312. The fraction of sp³-hybridized carbons (Fsp3) is 0.625. The van der Waals surface area contributed by atoms with Crippen molar-refractivity contribution in [1.82, 2.24) is 4.90 Å². The van der Waals surface area contributed by atoms with Crippen LogP contribution in [0.3, 0.4) is 0 Å². The van der Waals surface area contributed by atoms with Crippen molar-refractivity contribution in [3.63, 3.8) is 0 Å². The predicted octanol–water partition coefficient (Wildman–Crippen LogP) is 4.37. The maximum absolute atomic E-state index is 6.26.